The van der Waals surface area contributed by atoms with E-state index in [4.69, 9.17) is 11.6 Å². The van der Waals surface area contributed by atoms with Crippen molar-refractivity contribution in [1.29, 1.82) is 0 Å². The molecule has 4 heteroatoms. The van der Waals surface area contributed by atoms with Gasteiger partial charge in [-0.2, -0.15) is 0 Å². The predicted molar refractivity (Wildman–Crippen MR) is 85.5 cm³/mol. The maximum absolute atomic E-state index is 6.33. The van der Waals surface area contributed by atoms with Gasteiger partial charge in [-0.15, -0.1) is 0 Å². The SMILES string of the molecule is CN1C2CCC1CN(c1ccc(CBr)c(Cl)c1)CC2. The van der Waals surface area contributed by atoms with Crippen molar-refractivity contribution in [3.8, 4) is 0 Å². The third kappa shape index (κ3) is 2.65. The van der Waals surface area contributed by atoms with E-state index in [0.29, 0.717) is 6.04 Å². The Kier molecular flexibility index (Phi) is 4.06. The first-order chi connectivity index (χ1) is 9.19. The Hall–Kier alpha value is -0.250. The van der Waals surface area contributed by atoms with Crippen LogP contribution in [0.15, 0.2) is 18.2 Å². The van der Waals surface area contributed by atoms with Crippen LogP contribution in [0.2, 0.25) is 5.02 Å². The summed E-state index contributed by atoms with van der Waals surface area (Å²) in [4.78, 5) is 5.08. The van der Waals surface area contributed by atoms with E-state index < -0.39 is 0 Å². The third-order valence-corrected chi connectivity index (χ3v) is 5.65. The largest absolute Gasteiger partial charge is 0.370 e. The molecule has 2 heterocycles. The molecule has 0 aromatic heterocycles. The van der Waals surface area contributed by atoms with Crippen LogP contribution in [0.1, 0.15) is 24.8 Å². The Bertz CT molecular complexity index is 465. The average molecular weight is 344 g/mol. The van der Waals surface area contributed by atoms with E-state index in [0.717, 1.165) is 29.5 Å². The number of nitrogens with zero attached hydrogens (tertiary/aromatic N) is 2. The molecule has 0 radical (unpaired) electrons. The van der Waals surface area contributed by atoms with Gasteiger partial charge in [0, 0.05) is 41.2 Å². The molecule has 19 heavy (non-hydrogen) atoms. The Labute approximate surface area is 128 Å². The highest BCUT2D eigenvalue weighted by atomic mass is 79.9. The molecule has 0 aliphatic carbocycles. The highest BCUT2D eigenvalue weighted by molar-refractivity contribution is 9.08. The summed E-state index contributed by atoms with van der Waals surface area (Å²) in [6.07, 6.45) is 3.98. The second-order valence-electron chi connectivity index (χ2n) is 5.69. The lowest BCUT2D eigenvalue weighted by Gasteiger charge is -2.28. The summed E-state index contributed by atoms with van der Waals surface area (Å²) in [5.41, 5.74) is 2.44. The van der Waals surface area contributed by atoms with E-state index >= 15 is 0 Å². The van der Waals surface area contributed by atoms with E-state index in [1.165, 1.54) is 30.5 Å². The summed E-state index contributed by atoms with van der Waals surface area (Å²) >= 11 is 9.80. The lowest BCUT2D eigenvalue weighted by molar-refractivity contribution is 0.254. The molecular weight excluding hydrogens is 324 g/mol. The van der Waals surface area contributed by atoms with Gasteiger partial charge < -0.3 is 4.90 Å². The normalized spacial score (nSPS) is 27.6. The summed E-state index contributed by atoms with van der Waals surface area (Å²) in [6, 6.07) is 7.96. The highest BCUT2D eigenvalue weighted by Gasteiger charge is 2.34. The maximum atomic E-state index is 6.33. The van der Waals surface area contributed by atoms with Crippen molar-refractivity contribution < 1.29 is 0 Å². The number of hydrogen-bond donors (Lipinski definition) is 0. The van der Waals surface area contributed by atoms with Crippen LogP contribution in [-0.4, -0.2) is 37.1 Å². The van der Waals surface area contributed by atoms with Gasteiger partial charge in [0.05, 0.1) is 0 Å². The summed E-state index contributed by atoms with van der Waals surface area (Å²) in [6.45, 7) is 2.28. The molecule has 104 valence electrons. The van der Waals surface area contributed by atoms with Crippen molar-refractivity contribution in [2.24, 2.45) is 0 Å². The third-order valence-electron chi connectivity index (χ3n) is 4.69. The minimum Gasteiger partial charge on any atom is -0.370 e. The number of anilines is 1. The van der Waals surface area contributed by atoms with Gasteiger partial charge in [0.2, 0.25) is 0 Å². The number of fused-ring (bicyclic) bond motifs is 2. The fourth-order valence-electron chi connectivity index (χ4n) is 3.38. The van der Waals surface area contributed by atoms with Crippen molar-refractivity contribution in [2.45, 2.75) is 36.7 Å². The topological polar surface area (TPSA) is 6.48 Å². The molecule has 2 fully saturated rings. The first-order valence-corrected chi connectivity index (χ1v) is 8.50. The fraction of sp³-hybridized carbons (Fsp3) is 0.600. The van der Waals surface area contributed by atoms with Crippen LogP contribution in [0.25, 0.3) is 0 Å². The molecule has 2 aliphatic rings. The number of likely N-dealkylation sites (N-methyl/N-ethyl adjacent to an activating group) is 1. The molecule has 0 N–H and O–H groups in total. The molecule has 1 aromatic carbocycles. The number of alkyl halides is 1. The van der Waals surface area contributed by atoms with Crippen LogP contribution >= 0.6 is 27.5 Å². The molecule has 2 atom stereocenters. The lowest BCUT2D eigenvalue weighted by atomic mass is 10.1. The van der Waals surface area contributed by atoms with E-state index in [2.05, 4.69) is 51.0 Å². The quantitative estimate of drug-likeness (QED) is 0.751. The van der Waals surface area contributed by atoms with Gasteiger partial charge in [0.1, 0.15) is 0 Å². The molecule has 2 nitrogen and oxygen atoms in total. The van der Waals surface area contributed by atoms with Gasteiger partial charge >= 0.3 is 0 Å². The van der Waals surface area contributed by atoms with Gasteiger partial charge in [-0.1, -0.05) is 33.6 Å². The van der Waals surface area contributed by atoms with E-state index in [1.807, 2.05) is 0 Å². The smallest absolute Gasteiger partial charge is 0.0467 e. The van der Waals surface area contributed by atoms with Gasteiger partial charge in [0.25, 0.3) is 0 Å². The van der Waals surface area contributed by atoms with E-state index in [9.17, 15) is 0 Å². The molecule has 0 spiro atoms. The second kappa shape index (κ2) is 5.63. The van der Waals surface area contributed by atoms with Gasteiger partial charge in [0.15, 0.2) is 0 Å². The van der Waals surface area contributed by atoms with E-state index in [-0.39, 0.29) is 0 Å². The molecule has 1 aromatic rings. The minimum atomic E-state index is 0.710. The standard InChI is InChI=1S/C15H20BrClN2/c1-18-12-4-5-14(18)10-19(7-6-12)13-3-2-11(9-16)15(17)8-13/h2-3,8,12,14H,4-7,9-10H2,1H3. The van der Waals surface area contributed by atoms with Crippen molar-refractivity contribution in [3.63, 3.8) is 0 Å². The van der Waals surface area contributed by atoms with Crippen LogP contribution in [0.5, 0.6) is 0 Å². The van der Waals surface area contributed by atoms with Crippen molar-refractivity contribution in [2.75, 3.05) is 25.0 Å². The Balaban J connectivity index is 1.81. The molecule has 0 amide bonds. The van der Waals surface area contributed by atoms with Crippen molar-refractivity contribution in [3.05, 3.63) is 28.8 Å². The molecule has 3 rings (SSSR count). The van der Waals surface area contributed by atoms with Crippen LogP contribution in [0.4, 0.5) is 5.69 Å². The molecular formula is C15H20BrClN2. The number of benzene rings is 1. The first-order valence-electron chi connectivity index (χ1n) is 7.00. The van der Waals surface area contributed by atoms with Crippen LogP contribution in [-0.2, 0) is 5.33 Å². The predicted octanol–water partition coefficient (Wildman–Crippen LogP) is 3.91. The number of halogens is 2. The zero-order chi connectivity index (χ0) is 13.4. The van der Waals surface area contributed by atoms with Gasteiger partial charge in [-0.3, -0.25) is 4.90 Å². The zero-order valence-electron chi connectivity index (χ0n) is 11.3. The van der Waals surface area contributed by atoms with Crippen molar-refractivity contribution >= 4 is 33.2 Å². The zero-order valence-corrected chi connectivity index (χ0v) is 13.6. The number of hydrogen-bond acceptors (Lipinski definition) is 2. The molecule has 2 bridgehead atoms. The summed E-state index contributed by atoms with van der Waals surface area (Å²) in [5.74, 6) is 0. The van der Waals surface area contributed by atoms with Crippen LogP contribution in [0, 0.1) is 0 Å². The Morgan fingerprint density at radius 3 is 2.79 bits per heavy atom. The van der Waals surface area contributed by atoms with Crippen LogP contribution < -0.4 is 4.90 Å². The molecule has 2 unspecified atom stereocenters. The van der Waals surface area contributed by atoms with Gasteiger partial charge in [-0.25, -0.2) is 0 Å². The summed E-state index contributed by atoms with van der Waals surface area (Å²) in [5, 5.41) is 1.69. The van der Waals surface area contributed by atoms with Crippen molar-refractivity contribution in [1.82, 2.24) is 4.90 Å². The lowest BCUT2D eigenvalue weighted by Crippen LogP contribution is -2.36. The Morgan fingerprint density at radius 2 is 2.05 bits per heavy atom. The highest BCUT2D eigenvalue weighted by Crippen LogP contribution is 2.32. The first kappa shape index (κ1) is 13.7. The maximum Gasteiger partial charge on any atom is 0.0467 e. The molecule has 0 saturated carbocycles. The molecule has 2 aliphatic heterocycles. The second-order valence-corrected chi connectivity index (χ2v) is 6.66. The fourth-order valence-corrected chi connectivity index (χ4v) is 4.28. The monoisotopic (exact) mass is 342 g/mol. The van der Waals surface area contributed by atoms with Gasteiger partial charge in [-0.05, 0) is 44.0 Å². The van der Waals surface area contributed by atoms with Crippen LogP contribution in [0.3, 0.4) is 0 Å². The summed E-state index contributed by atoms with van der Waals surface area (Å²) < 4.78 is 0. The molecule has 2 saturated heterocycles. The average Bonchev–Trinajstić information content (AvgIpc) is 2.63. The van der Waals surface area contributed by atoms with E-state index in [1.54, 1.807) is 0 Å². The minimum absolute atomic E-state index is 0.710. The number of rotatable bonds is 2. The summed E-state index contributed by atoms with van der Waals surface area (Å²) in [7, 11) is 2.28. The Morgan fingerprint density at radius 1 is 1.26 bits per heavy atom.